The molecule has 2 rings (SSSR count). The van der Waals surface area contributed by atoms with Crippen LogP contribution in [0.5, 0.6) is 5.75 Å². The lowest BCUT2D eigenvalue weighted by molar-refractivity contribution is 0.120. The van der Waals surface area contributed by atoms with Crippen molar-refractivity contribution in [3.05, 3.63) is 28.2 Å². The molecule has 2 nitrogen and oxygen atoms in total. The fourth-order valence-electron chi connectivity index (χ4n) is 3.29. The van der Waals surface area contributed by atoms with Gasteiger partial charge in [0, 0.05) is 16.6 Å². The molecule has 1 aromatic rings. The molecule has 1 unspecified atom stereocenters. The minimum Gasteiger partial charge on any atom is -0.490 e. The number of halogens is 1. The highest BCUT2D eigenvalue weighted by molar-refractivity contribution is 9.10. The van der Waals surface area contributed by atoms with Crippen molar-refractivity contribution in [3.8, 4) is 5.75 Å². The monoisotopic (exact) mass is 354 g/mol. The maximum Gasteiger partial charge on any atom is 0.123 e. The van der Waals surface area contributed by atoms with Gasteiger partial charge in [-0.25, -0.2) is 0 Å². The van der Waals surface area contributed by atoms with Gasteiger partial charge in [-0.3, -0.25) is 0 Å². The molecule has 21 heavy (non-hydrogen) atoms. The fraction of sp³-hybridized carbons (Fsp3) is 0.667. The molecule has 0 aromatic heterocycles. The van der Waals surface area contributed by atoms with Gasteiger partial charge in [0.1, 0.15) is 5.75 Å². The Bertz CT molecular complexity index is 439. The van der Waals surface area contributed by atoms with Gasteiger partial charge in [-0.1, -0.05) is 28.9 Å². The highest BCUT2D eigenvalue weighted by Crippen LogP contribution is 2.34. The molecule has 0 saturated heterocycles. The van der Waals surface area contributed by atoms with E-state index in [0.717, 1.165) is 35.4 Å². The summed E-state index contributed by atoms with van der Waals surface area (Å²) in [4.78, 5) is 0. The molecule has 118 valence electrons. The lowest BCUT2D eigenvalue weighted by Crippen LogP contribution is -2.25. The van der Waals surface area contributed by atoms with Crippen LogP contribution in [-0.2, 0) is 0 Å². The largest absolute Gasteiger partial charge is 0.490 e. The quantitative estimate of drug-likeness (QED) is 0.769. The number of benzene rings is 1. The van der Waals surface area contributed by atoms with Gasteiger partial charge in [0.05, 0.1) is 6.10 Å². The summed E-state index contributed by atoms with van der Waals surface area (Å²) in [5, 5.41) is 9.00. The van der Waals surface area contributed by atoms with Crippen molar-refractivity contribution in [2.45, 2.75) is 58.5 Å². The molecule has 0 radical (unpaired) electrons. The number of hydrogen-bond donors (Lipinski definition) is 1. The van der Waals surface area contributed by atoms with Crippen LogP contribution in [0.25, 0.3) is 0 Å². The van der Waals surface area contributed by atoms with E-state index in [1.807, 2.05) is 6.07 Å². The minimum atomic E-state index is 0.321. The molecule has 3 heteroatoms. The van der Waals surface area contributed by atoms with Crippen molar-refractivity contribution in [1.29, 1.82) is 0 Å². The molecule has 1 aliphatic rings. The summed E-state index contributed by atoms with van der Waals surface area (Å²) in [7, 11) is 0. The van der Waals surface area contributed by atoms with Crippen LogP contribution < -0.4 is 4.74 Å². The molecule has 0 heterocycles. The average molecular weight is 355 g/mol. The van der Waals surface area contributed by atoms with Crippen molar-refractivity contribution >= 4 is 15.9 Å². The Kier molecular flexibility index (Phi) is 6.56. The second kappa shape index (κ2) is 8.19. The lowest BCUT2D eigenvalue weighted by Gasteiger charge is -2.30. The van der Waals surface area contributed by atoms with Crippen LogP contribution in [0.15, 0.2) is 22.7 Å². The first-order valence-corrected chi connectivity index (χ1v) is 8.92. The predicted octanol–water partition coefficient (Wildman–Crippen LogP) is 5.10. The highest BCUT2D eigenvalue weighted by atomic mass is 79.9. The standard InChI is InChI=1S/C18H27BrO2/c1-13(10-11-20)12-15-6-8-16(9-7-15)21-18-5-3-4-17(19)14(18)2/h3-5,13,15-16,20H,6-12H2,1-2H3/t13?,15-,16-. The summed E-state index contributed by atoms with van der Waals surface area (Å²) in [6, 6.07) is 6.16. The van der Waals surface area contributed by atoms with Crippen LogP contribution >= 0.6 is 15.9 Å². The summed E-state index contributed by atoms with van der Waals surface area (Å²) < 4.78 is 7.31. The molecule has 1 N–H and O–H groups in total. The van der Waals surface area contributed by atoms with Crippen molar-refractivity contribution in [3.63, 3.8) is 0 Å². The van der Waals surface area contributed by atoms with Gasteiger partial charge in [0.2, 0.25) is 0 Å². The Balaban J connectivity index is 1.80. The summed E-state index contributed by atoms with van der Waals surface area (Å²) in [5.41, 5.74) is 1.19. The molecule has 1 fully saturated rings. The van der Waals surface area contributed by atoms with Gasteiger partial charge in [0.15, 0.2) is 0 Å². The number of aliphatic hydroxyl groups is 1. The van der Waals surface area contributed by atoms with E-state index in [1.54, 1.807) is 0 Å². The van der Waals surface area contributed by atoms with Crippen LogP contribution in [0.4, 0.5) is 0 Å². The molecule has 0 spiro atoms. The van der Waals surface area contributed by atoms with E-state index in [-0.39, 0.29) is 0 Å². The fourth-order valence-corrected chi connectivity index (χ4v) is 3.64. The average Bonchev–Trinajstić information content (AvgIpc) is 2.46. The van der Waals surface area contributed by atoms with E-state index in [0.29, 0.717) is 18.6 Å². The topological polar surface area (TPSA) is 29.5 Å². The second-order valence-electron chi connectivity index (χ2n) is 6.48. The normalized spacial score (nSPS) is 23.8. The molecule has 1 atom stereocenters. The van der Waals surface area contributed by atoms with Gasteiger partial charge >= 0.3 is 0 Å². The third kappa shape index (κ3) is 5.00. The first kappa shape index (κ1) is 16.8. The van der Waals surface area contributed by atoms with Gasteiger partial charge in [-0.15, -0.1) is 0 Å². The minimum absolute atomic E-state index is 0.321. The molecule has 1 saturated carbocycles. The Hall–Kier alpha value is -0.540. The van der Waals surface area contributed by atoms with Crippen LogP contribution in [0.1, 0.15) is 51.0 Å². The maximum atomic E-state index is 9.00. The van der Waals surface area contributed by atoms with E-state index in [2.05, 4.69) is 41.9 Å². The predicted molar refractivity (Wildman–Crippen MR) is 90.7 cm³/mol. The van der Waals surface area contributed by atoms with Gasteiger partial charge in [-0.05, 0) is 69.4 Å². The summed E-state index contributed by atoms with van der Waals surface area (Å²) >= 11 is 3.56. The van der Waals surface area contributed by atoms with Crippen LogP contribution in [0.3, 0.4) is 0 Å². The molecule has 1 aromatic carbocycles. The first-order chi connectivity index (χ1) is 10.1. The number of hydrogen-bond acceptors (Lipinski definition) is 2. The van der Waals surface area contributed by atoms with E-state index in [4.69, 9.17) is 9.84 Å². The zero-order valence-corrected chi connectivity index (χ0v) is 14.7. The lowest BCUT2D eigenvalue weighted by atomic mass is 9.81. The van der Waals surface area contributed by atoms with Gasteiger partial charge < -0.3 is 9.84 Å². The molecule has 0 amide bonds. The number of ether oxygens (including phenoxy) is 1. The highest BCUT2D eigenvalue weighted by Gasteiger charge is 2.24. The van der Waals surface area contributed by atoms with E-state index < -0.39 is 0 Å². The van der Waals surface area contributed by atoms with Crippen molar-refractivity contribution in [2.24, 2.45) is 11.8 Å². The SMILES string of the molecule is Cc1c(Br)cccc1O[C@H]1CC[C@H](CC(C)CCO)CC1. The van der Waals surface area contributed by atoms with Crippen LogP contribution in [0, 0.1) is 18.8 Å². The zero-order valence-electron chi connectivity index (χ0n) is 13.1. The smallest absolute Gasteiger partial charge is 0.123 e. The Labute approximate surface area is 137 Å². The zero-order chi connectivity index (χ0) is 15.2. The van der Waals surface area contributed by atoms with Crippen molar-refractivity contribution in [2.75, 3.05) is 6.61 Å². The summed E-state index contributed by atoms with van der Waals surface area (Å²) in [6.45, 7) is 4.67. The Morgan fingerprint density at radius 3 is 2.67 bits per heavy atom. The molecular formula is C18H27BrO2. The number of rotatable bonds is 6. The Morgan fingerprint density at radius 1 is 1.29 bits per heavy atom. The first-order valence-electron chi connectivity index (χ1n) is 8.12. The number of aliphatic hydroxyl groups excluding tert-OH is 1. The summed E-state index contributed by atoms with van der Waals surface area (Å²) in [6.07, 6.45) is 7.38. The van der Waals surface area contributed by atoms with E-state index >= 15 is 0 Å². The van der Waals surface area contributed by atoms with Gasteiger partial charge in [-0.2, -0.15) is 0 Å². The third-order valence-electron chi connectivity index (χ3n) is 4.66. The second-order valence-corrected chi connectivity index (χ2v) is 7.33. The van der Waals surface area contributed by atoms with E-state index in [9.17, 15) is 0 Å². The molecule has 1 aliphatic carbocycles. The van der Waals surface area contributed by atoms with Crippen LogP contribution in [-0.4, -0.2) is 17.8 Å². The molecule has 0 bridgehead atoms. The van der Waals surface area contributed by atoms with Crippen molar-refractivity contribution < 1.29 is 9.84 Å². The van der Waals surface area contributed by atoms with Gasteiger partial charge in [0.25, 0.3) is 0 Å². The maximum absolute atomic E-state index is 9.00. The molecule has 0 aliphatic heterocycles. The van der Waals surface area contributed by atoms with Crippen LogP contribution in [0.2, 0.25) is 0 Å². The molecular weight excluding hydrogens is 328 g/mol. The third-order valence-corrected chi connectivity index (χ3v) is 5.52. The van der Waals surface area contributed by atoms with E-state index in [1.165, 1.54) is 24.8 Å². The Morgan fingerprint density at radius 2 is 2.00 bits per heavy atom. The summed E-state index contributed by atoms with van der Waals surface area (Å²) in [5.74, 6) is 2.47. The van der Waals surface area contributed by atoms with Crippen molar-refractivity contribution in [1.82, 2.24) is 0 Å².